The van der Waals surface area contributed by atoms with Gasteiger partial charge in [-0.1, -0.05) is 11.6 Å². The van der Waals surface area contributed by atoms with Crippen LogP contribution in [0.4, 0.5) is 5.69 Å². The molecule has 0 radical (unpaired) electrons. The Morgan fingerprint density at radius 2 is 1.93 bits per heavy atom. The van der Waals surface area contributed by atoms with Gasteiger partial charge in [0.15, 0.2) is 0 Å². The zero-order valence-electron chi connectivity index (χ0n) is 16.8. The summed E-state index contributed by atoms with van der Waals surface area (Å²) in [5.41, 5.74) is 1.47. The molecule has 2 aliphatic rings. The van der Waals surface area contributed by atoms with Gasteiger partial charge in [0.05, 0.1) is 22.4 Å². The Morgan fingerprint density at radius 1 is 1.25 bits per heavy atom. The summed E-state index contributed by atoms with van der Waals surface area (Å²) in [5, 5.41) is 3.98. The van der Waals surface area contributed by atoms with E-state index in [0.717, 1.165) is 44.7 Å². The monoisotopic (exact) mass is 424 g/mol. The van der Waals surface area contributed by atoms with E-state index in [1.165, 1.54) is 4.90 Å². The average Bonchev–Trinajstić information content (AvgIpc) is 2.64. The number of anilines is 1. The first-order valence-electron chi connectivity index (χ1n) is 9.67. The fourth-order valence-electron chi connectivity index (χ4n) is 3.85. The summed E-state index contributed by atoms with van der Waals surface area (Å²) < 4.78 is 0. The van der Waals surface area contributed by atoms with Gasteiger partial charge in [0, 0.05) is 52.0 Å². The van der Waals surface area contributed by atoms with Gasteiger partial charge in [-0.05, 0) is 37.3 Å². The van der Waals surface area contributed by atoms with E-state index in [9.17, 15) is 9.59 Å². The van der Waals surface area contributed by atoms with Gasteiger partial charge in [-0.3, -0.25) is 14.5 Å². The van der Waals surface area contributed by atoms with Gasteiger partial charge >= 0.3 is 0 Å². The van der Waals surface area contributed by atoms with Crippen LogP contribution in [0.1, 0.15) is 23.2 Å². The van der Waals surface area contributed by atoms with E-state index in [2.05, 4.69) is 10.2 Å². The number of hydrogen-bond acceptors (Lipinski definition) is 5. The van der Waals surface area contributed by atoms with Crippen LogP contribution in [0.5, 0.6) is 0 Å². The lowest BCUT2D eigenvalue weighted by Gasteiger charge is -2.47. The number of nitrogens with zero attached hydrogens (tertiary/aromatic N) is 3. The predicted octanol–water partition coefficient (Wildman–Crippen LogP) is 2.49. The van der Waals surface area contributed by atoms with E-state index in [-0.39, 0.29) is 11.8 Å². The molecular weight excluding hydrogens is 396 g/mol. The van der Waals surface area contributed by atoms with Gasteiger partial charge in [-0.2, -0.15) is 11.8 Å². The van der Waals surface area contributed by atoms with E-state index >= 15 is 0 Å². The molecule has 2 heterocycles. The third kappa shape index (κ3) is 4.93. The SMILES string of the molecule is CSCC(=O)N1CCC(N2CC(Nc3ccc(C(=O)N(C)C)c(Cl)c3)C2)CC1. The van der Waals surface area contributed by atoms with Crippen LogP contribution in [0.25, 0.3) is 0 Å². The zero-order chi connectivity index (χ0) is 20.3. The number of rotatable bonds is 6. The van der Waals surface area contributed by atoms with Gasteiger partial charge in [0.1, 0.15) is 0 Å². The van der Waals surface area contributed by atoms with E-state index in [1.54, 1.807) is 31.9 Å². The van der Waals surface area contributed by atoms with Gasteiger partial charge in [0.25, 0.3) is 5.91 Å². The van der Waals surface area contributed by atoms with Crippen molar-refractivity contribution in [1.82, 2.24) is 14.7 Å². The molecule has 2 saturated heterocycles. The number of likely N-dealkylation sites (tertiary alicyclic amines) is 2. The molecule has 1 aromatic rings. The summed E-state index contributed by atoms with van der Waals surface area (Å²) in [6.07, 6.45) is 4.08. The summed E-state index contributed by atoms with van der Waals surface area (Å²) in [6.45, 7) is 3.74. The largest absolute Gasteiger partial charge is 0.380 e. The minimum atomic E-state index is -0.0891. The highest BCUT2D eigenvalue weighted by atomic mass is 35.5. The molecule has 0 aliphatic carbocycles. The summed E-state index contributed by atoms with van der Waals surface area (Å²) in [5.74, 6) is 0.762. The Bertz CT molecular complexity index is 716. The molecule has 0 bridgehead atoms. The third-order valence-corrected chi connectivity index (χ3v) is 6.34. The smallest absolute Gasteiger partial charge is 0.254 e. The van der Waals surface area contributed by atoms with Crippen LogP contribution < -0.4 is 5.32 Å². The molecule has 0 unspecified atom stereocenters. The second kappa shape index (κ2) is 9.37. The Morgan fingerprint density at radius 3 is 2.50 bits per heavy atom. The molecule has 0 aromatic heterocycles. The van der Waals surface area contributed by atoms with Crippen molar-refractivity contribution in [3.05, 3.63) is 28.8 Å². The summed E-state index contributed by atoms with van der Waals surface area (Å²) >= 11 is 7.89. The number of carbonyl (C=O) groups is 2. The van der Waals surface area contributed by atoms with E-state index < -0.39 is 0 Å². The van der Waals surface area contributed by atoms with Gasteiger partial charge in [-0.15, -0.1) is 0 Å². The van der Waals surface area contributed by atoms with Crippen LogP contribution in [-0.2, 0) is 4.79 Å². The van der Waals surface area contributed by atoms with Crippen molar-refractivity contribution >= 4 is 40.9 Å². The second-order valence-corrected chi connectivity index (χ2v) is 9.01. The topological polar surface area (TPSA) is 55.9 Å². The molecule has 6 nitrogen and oxygen atoms in total. The van der Waals surface area contributed by atoms with Crippen LogP contribution in [0, 0.1) is 0 Å². The van der Waals surface area contributed by atoms with Crippen LogP contribution in [0.3, 0.4) is 0 Å². The molecule has 0 spiro atoms. The van der Waals surface area contributed by atoms with Gasteiger partial charge < -0.3 is 15.1 Å². The third-order valence-electron chi connectivity index (χ3n) is 5.49. The number of thioether (sulfide) groups is 1. The fourth-order valence-corrected chi connectivity index (χ4v) is 4.54. The number of halogens is 1. The minimum absolute atomic E-state index is 0.0891. The highest BCUT2D eigenvalue weighted by Crippen LogP contribution is 2.26. The van der Waals surface area contributed by atoms with Crippen molar-refractivity contribution in [1.29, 1.82) is 0 Å². The van der Waals surface area contributed by atoms with Crippen molar-refractivity contribution in [2.45, 2.75) is 24.9 Å². The van der Waals surface area contributed by atoms with Crippen molar-refractivity contribution in [3.8, 4) is 0 Å². The minimum Gasteiger partial charge on any atom is -0.380 e. The van der Waals surface area contributed by atoms with Crippen molar-refractivity contribution in [2.24, 2.45) is 0 Å². The van der Waals surface area contributed by atoms with Crippen LogP contribution in [0.2, 0.25) is 5.02 Å². The van der Waals surface area contributed by atoms with Crippen LogP contribution in [-0.4, -0.2) is 90.9 Å². The van der Waals surface area contributed by atoms with Crippen molar-refractivity contribution < 1.29 is 9.59 Å². The number of carbonyl (C=O) groups excluding carboxylic acids is 2. The Kier molecular flexibility index (Phi) is 7.12. The van der Waals surface area contributed by atoms with Crippen LogP contribution >= 0.6 is 23.4 Å². The number of nitrogens with one attached hydrogen (secondary N) is 1. The standard InChI is InChI=1S/C20H29ClN4O2S/c1-23(2)20(27)17-5-4-14(10-18(17)21)22-15-11-25(12-15)16-6-8-24(9-7-16)19(26)13-28-3/h4-5,10,15-16,22H,6-9,11-13H2,1-3H3. The maximum Gasteiger partial charge on any atom is 0.254 e. The normalized spacial score (nSPS) is 18.6. The number of benzene rings is 1. The molecule has 1 N–H and O–H groups in total. The Balaban J connectivity index is 1.44. The number of amides is 2. The molecule has 2 aliphatic heterocycles. The highest BCUT2D eigenvalue weighted by molar-refractivity contribution is 7.99. The molecule has 0 saturated carbocycles. The van der Waals surface area contributed by atoms with Gasteiger partial charge in [-0.25, -0.2) is 0 Å². The van der Waals surface area contributed by atoms with E-state index in [1.807, 2.05) is 23.3 Å². The fraction of sp³-hybridized carbons (Fsp3) is 0.600. The molecule has 8 heteroatoms. The van der Waals surface area contributed by atoms with Crippen molar-refractivity contribution in [2.75, 3.05) is 57.6 Å². The summed E-state index contributed by atoms with van der Waals surface area (Å²) in [6, 6.07) is 6.49. The number of hydrogen-bond donors (Lipinski definition) is 1. The van der Waals surface area contributed by atoms with E-state index in [0.29, 0.717) is 28.4 Å². The number of piperidine rings is 1. The molecule has 2 amide bonds. The first-order valence-corrected chi connectivity index (χ1v) is 11.4. The maximum absolute atomic E-state index is 12.1. The summed E-state index contributed by atoms with van der Waals surface area (Å²) in [4.78, 5) is 30.1. The molecule has 154 valence electrons. The summed E-state index contributed by atoms with van der Waals surface area (Å²) in [7, 11) is 3.44. The quantitative estimate of drug-likeness (QED) is 0.760. The molecule has 2 fully saturated rings. The lowest BCUT2D eigenvalue weighted by Crippen LogP contribution is -2.60. The average molecular weight is 425 g/mol. The molecule has 28 heavy (non-hydrogen) atoms. The second-order valence-electron chi connectivity index (χ2n) is 7.73. The lowest BCUT2D eigenvalue weighted by atomic mass is 9.97. The van der Waals surface area contributed by atoms with Crippen LogP contribution in [0.15, 0.2) is 18.2 Å². The maximum atomic E-state index is 12.1. The Labute approximate surface area is 176 Å². The zero-order valence-corrected chi connectivity index (χ0v) is 18.4. The Hall–Kier alpha value is -1.44. The first kappa shape index (κ1) is 21.3. The molecule has 3 rings (SSSR count). The lowest BCUT2D eigenvalue weighted by molar-refractivity contribution is -0.130. The van der Waals surface area contributed by atoms with Gasteiger partial charge in [0.2, 0.25) is 5.91 Å². The van der Waals surface area contributed by atoms with E-state index in [4.69, 9.17) is 11.6 Å². The van der Waals surface area contributed by atoms with Crippen molar-refractivity contribution in [3.63, 3.8) is 0 Å². The highest BCUT2D eigenvalue weighted by Gasteiger charge is 2.34. The molecule has 0 atom stereocenters. The molecular formula is C20H29ClN4O2S. The first-order chi connectivity index (χ1) is 13.4. The molecule has 1 aromatic carbocycles. The predicted molar refractivity (Wildman–Crippen MR) is 116 cm³/mol.